The quantitative estimate of drug-likeness (QED) is 0.132. The van der Waals surface area contributed by atoms with Gasteiger partial charge in [-0.25, -0.2) is 4.79 Å². The molecule has 13 heteroatoms. The summed E-state index contributed by atoms with van der Waals surface area (Å²) in [6, 6.07) is 5.53. The number of amides is 1. The number of alkyl halides is 3. The number of alkyl carbamates (subject to hydrolysis) is 1. The van der Waals surface area contributed by atoms with Gasteiger partial charge in [-0.05, 0) is 80.9 Å². The zero-order chi connectivity index (χ0) is 32.1. The molecule has 2 atom stereocenters. The molecule has 0 radical (unpaired) electrons. The highest BCUT2D eigenvalue weighted by Gasteiger charge is 2.36. The fraction of sp³-hybridized carbons (Fsp3) is 0.613. The molecule has 0 fully saturated rings. The third-order valence-corrected chi connectivity index (χ3v) is 7.92. The molecular formula is C31H44F3N5O4S. The van der Waals surface area contributed by atoms with Gasteiger partial charge in [0.1, 0.15) is 6.10 Å². The molecule has 0 spiro atoms. The Morgan fingerprint density at radius 3 is 2.61 bits per heavy atom. The number of benzene rings is 1. The smallest absolute Gasteiger partial charge is 0.452 e. The number of aliphatic carboxylic acids is 1. The molecule has 1 aromatic heterocycles. The van der Waals surface area contributed by atoms with Crippen LogP contribution in [0.4, 0.5) is 34.5 Å². The van der Waals surface area contributed by atoms with Crippen LogP contribution in [0.2, 0.25) is 0 Å². The minimum absolute atomic E-state index is 0.0000556. The van der Waals surface area contributed by atoms with Crippen LogP contribution in [0.25, 0.3) is 0 Å². The first kappa shape index (κ1) is 35.1. The van der Waals surface area contributed by atoms with E-state index in [0.29, 0.717) is 42.8 Å². The molecule has 0 saturated carbocycles. The van der Waals surface area contributed by atoms with Crippen molar-refractivity contribution in [1.82, 2.24) is 14.7 Å². The summed E-state index contributed by atoms with van der Waals surface area (Å²) in [6.07, 6.45) is 6.28. The van der Waals surface area contributed by atoms with Gasteiger partial charge in [0.2, 0.25) is 11.0 Å². The number of carbonyl (C=O) groups excluding carboxylic acids is 1. The zero-order valence-corrected chi connectivity index (χ0v) is 26.5. The number of anilines is 3. The second kappa shape index (κ2) is 17.2. The lowest BCUT2D eigenvalue weighted by atomic mass is 9.96. The Hall–Kier alpha value is -3.35. The summed E-state index contributed by atoms with van der Waals surface area (Å²) in [5, 5.41) is 15.2. The number of carbonyl (C=O) groups is 2. The molecule has 1 heterocycles. The molecule has 0 aliphatic heterocycles. The Kier molecular flexibility index (Phi) is 13.7. The predicted octanol–water partition coefficient (Wildman–Crippen LogP) is 8.13. The van der Waals surface area contributed by atoms with E-state index in [4.69, 9.17) is 4.74 Å². The third kappa shape index (κ3) is 12.0. The van der Waals surface area contributed by atoms with Crippen molar-refractivity contribution in [1.29, 1.82) is 0 Å². The molecule has 1 aliphatic rings. The van der Waals surface area contributed by atoms with Gasteiger partial charge >= 0.3 is 18.2 Å². The SMILES string of the molecule is CC(C)CN(CCCCCNC(=O)OC1CCC=CCCC1)c1ccc(C(C)CC(=O)O)cc1Nc1nc(C(F)(F)F)ns1. The number of nitrogens with one attached hydrogen (secondary N) is 2. The van der Waals surface area contributed by atoms with Crippen LogP contribution in [-0.4, -0.2) is 52.3 Å². The van der Waals surface area contributed by atoms with E-state index in [-0.39, 0.29) is 29.7 Å². The van der Waals surface area contributed by atoms with E-state index < -0.39 is 18.0 Å². The standard InChI is InChI=1S/C31H44F3N5O4S/c1-21(2)20-39(17-11-7-10-16-35-30(42)43-24-12-8-5-4-6-9-13-24)26-15-14-23(22(3)18-27(40)41)19-25(26)36-29-37-28(38-44-29)31(32,33)34/h4-5,14-15,19,21-22,24H,6-13,16-18,20H2,1-3H3,(H,35,42)(H,40,41)(H,36,37,38). The summed E-state index contributed by atoms with van der Waals surface area (Å²) in [5.74, 6) is -2.15. The molecule has 2 unspecified atom stereocenters. The van der Waals surface area contributed by atoms with Crippen molar-refractivity contribution < 1.29 is 32.6 Å². The first-order valence-corrected chi connectivity index (χ1v) is 16.1. The van der Waals surface area contributed by atoms with Gasteiger partial charge in [0, 0.05) is 31.2 Å². The van der Waals surface area contributed by atoms with Crippen LogP contribution in [0.3, 0.4) is 0 Å². The number of halogens is 3. The van der Waals surface area contributed by atoms with Crippen LogP contribution in [0.1, 0.15) is 95.9 Å². The minimum atomic E-state index is -4.65. The van der Waals surface area contributed by atoms with Crippen LogP contribution in [-0.2, 0) is 15.7 Å². The highest BCUT2D eigenvalue weighted by Crippen LogP contribution is 2.36. The number of nitrogens with zero attached hydrogens (tertiary/aromatic N) is 3. The number of allylic oxidation sites excluding steroid dienone is 2. The van der Waals surface area contributed by atoms with Gasteiger partial charge in [-0.15, -0.1) is 0 Å². The van der Waals surface area contributed by atoms with Crippen LogP contribution >= 0.6 is 11.5 Å². The van der Waals surface area contributed by atoms with Gasteiger partial charge in [-0.1, -0.05) is 39.0 Å². The Morgan fingerprint density at radius 1 is 1.14 bits per heavy atom. The number of carboxylic acid groups (broad SMARTS) is 1. The van der Waals surface area contributed by atoms with E-state index in [1.54, 1.807) is 13.0 Å². The summed E-state index contributed by atoms with van der Waals surface area (Å²) in [5.41, 5.74) is 2.07. The topological polar surface area (TPSA) is 117 Å². The largest absolute Gasteiger partial charge is 0.481 e. The van der Waals surface area contributed by atoms with Crippen LogP contribution < -0.4 is 15.5 Å². The predicted molar refractivity (Wildman–Crippen MR) is 167 cm³/mol. The van der Waals surface area contributed by atoms with Crippen LogP contribution in [0, 0.1) is 5.92 Å². The number of hydrogen-bond acceptors (Lipinski definition) is 8. The fourth-order valence-electron chi connectivity index (χ4n) is 5.10. The molecule has 3 N–H and O–H groups in total. The average Bonchev–Trinajstić information content (AvgIpc) is 3.40. The first-order valence-electron chi connectivity index (χ1n) is 15.3. The van der Waals surface area contributed by atoms with Gasteiger partial charge in [0.25, 0.3) is 0 Å². The maximum Gasteiger partial charge on any atom is 0.452 e. The number of hydrogen-bond donors (Lipinski definition) is 3. The van der Waals surface area contributed by atoms with Gasteiger partial charge < -0.3 is 25.4 Å². The van der Waals surface area contributed by atoms with E-state index in [1.807, 2.05) is 12.1 Å². The molecule has 1 amide bonds. The van der Waals surface area contributed by atoms with Crippen LogP contribution in [0.5, 0.6) is 0 Å². The van der Waals surface area contributed by atoms with Crippen LogP contribution in [0.15, 0.2) is 30.4 Å². The number of rotatable bonds is 15. The summed E-state index contributed by atoms with van der Waals surface area (Å²) in [6.45, 7) is 7.86. The summed E-state index contributed by atoms with van der Waals surface area (Å²) < 4.78 is 48.5. The molecular weight excluding hydrogens is 595 g/mol. The van der Waals surface area contributed by atoms with Crippen molar-refractivity contribution in [3.05, 3.63) is 41.7 Å². The fourth-order valence-corrected chi connectivity index (χ4v) is 5.70. The molecule has 44 heavy (non-hydrogen) atoms. The summed E-state index contributed by atoms with van der Waals surface area (Å²) >= 11 is 0.620. The average molecular weight is 640 g/mol. The molecule has 9 nitrogen and oxygen atoms in total. The van der Waals surface area contributed by atoms with Crippen molar-refractivity contribution >= 4 is 40.1 Å². The van der Waals surface area contributed by atoms with E-state index in [1.165, 1.54) is 0 Å². The molecule has 3 rings (SSSR count). The number of aromatic nitrogens is 2. The van der Waals surface area contributed by atoms with E-state index in [0.717, 1.165) is 62.6 Å². The lowest BCUT2D eigenvalue weighted by molar-refractivity contribution is -0.144. The molecule has 2 aromatic rings. The van der Waals surface area contributed by atoms with Gasteiger partial charge in [0.15, 0.2) is 0 Å². The lowest BCUT2D eigenvalue weighted by Gasteiger charge is -2.29. The first-order chi connectivity index (χ1) is 20.9. The van der Waals surface area contributed by atoms with E-state index in [9.17, 15) is 27.9 Å². The van der Waals surface area contributed by atoms with E-state index >= 15 is 0 Å². The zero-order valence-electron chi connectivity index (χ0n) is 25.7. The Balaban J connectivity index is 1.64. The van der Waals surface area contributed by atoms with Crippen molar-refractivity contribution in [2.45, 2.75) is 96.8 Å². The number of carboxylic acids is 1. The van der Waals surface area contributed by atoms with Crippen molar-refractivity contribution in [3.63, 3.8) is 0 Å². The van der Waals surface area contributed by atoms with Gasteiger partial charge in [0.05, 0.1) is 17.8 Å². The third-order valence-electron chi connectivity index (χ3n) is 7.28. The number of ether oxygens (including phenoxy) is 1. The Labute approximate surface area is 261 Å². The maximum absolute atomic E-state index is 13.1. The maximum atomic E-state index is 13.1. The van der Waals surface area contributed by atoms with Crippen molar-refractivity contribution in [2.75, 3.05) is 29.9 Å². The minimum Gasteiger partial charge on any atom is -0.481 e. The highest BCUT2D eigenvalue weighted by molar-refractivity contribution is 7.09. The monoisotopic (exact) mass is 639 g/mol. The summed E-state index contributed by atoms with van der Waals surface area (Å²) in [4.78, 5) is 29.4. The summed E-state index contributed by atoms with van der Waals surface area (Å²) in [7, 11) is 0. The molecule has 0 saturated heterocycles. The second-order valence-corrected chi connectivity index (χ2v) is 12.4. The molecule has 1 aromatic carbocycles. The molecule has 1 aliphatic carbocycles. The van der Waals surface area contributed by atoms with Gasteiger partial charge in [-0.3, -0.25) is 4.79 Å². The van der Waals surface area contributed by atoms with Crippen molar-refractivity contribution in [2.24, 2.45) is 5.92 Å². The Morgan fingerprint density at radius 2 is 1.91 bits per heavy atom. The van der Waals surface area contributed by atoms with Gasteiger partial charge in [-0.2, -0.15) is 22.5 Å². The number of unbranched alkanes of at least 4 members (excludes halogenated alkanes) is 2. The Bertz CT molecular complexity index is 1240. The van der Waals surface area contributed by atoms with Crippen molar-refractivity contribution in [3.8, 4) is 0 Å². The normalized spacial score (nSPS) is 16.2. The lowest BCUT2D eigenvalue weighted by Crippen LogP contribution is -2.31. The molecule has 244 valence electrons. The molecule has 0 bridgehead atoms. The second-order valence-electron chi connectivity index (χ2n) is 11.7. The van der Waals surface area contributed by atoms with E-state index in [2.05, 4.69) is 50.9 Å². The highest BCUT2D eigenvalue weighted by atomic mass is 32.1.